The van der Waals surface area contributed by atoms with Crippen LogP contribution in [0.2, 0.25) is 0 Å². The van der Waals surface area contributed by atoms with Gasteiger partial charge in [0.15, 0.2) is 0 Å². The standard InChI is InChI=1S/C20H26N2O5/c1-3-10-25-15-8-6-14(7-9-15)18-17(13(2)21-20(24)22-18)19(23)27-12-16-5-4-11-26-16/h6-9,16-18H,2-5,10-12H2,1H3,(H2,21,22,24)/t16-,17-,18-/m1/s1. The molecule has 7 nitrogen and oxygen atoms in total. The molecule has 2 saturated heterocycles. The van der Waals surface area contributed by atoms with E-state index in [9.17, 15) is 9.59 Å². The van der Waals surface area contributed by atoms with Crippen LogP contribution < -0.4 is 15.4 Å². The number of nitrogens with one attached hydrogen (secondary N) is 2. The number of hydrogen-bond acceptors (Lipinski definition) is 5. The van der Waals surface area contributed by atoms with E-state index in [-0.39, 0.29) is 18.7 Å². The van der Waals surface area contributed by atoms with E-state index >= 15 is 0 Å². The van der Waals surface area contributed by atoms with Crippen molar-refractivity contribution in [1.82, 2.24) is 10.6 Å². The van der Waals surface area contributed by atoms with Crippen LogP contribution in [0.3, 0.4) is 0 Å². The molecule has 0 saturated carbocycles. The van der Waals surface area contributed by atoms with Crippen LogP contribution in [0.1, 0.15) is 37.8 Å². The molecule has 2 aliphatic heterocycles. The molecular weight excluding hydrogens is 348 g/mol. The molecule has 2 amide bonds. The minimum absolute atomic E-state index is 0.0539. The lowest BCUT2D eigenvalue weighted by Crippen LogP contribution is -2.51. The van der Waals surface area contributed by atoms with Gasteiger partial charge in [0.1, 0.15) is 18.3 Å². The Morgan fingerprint density at radius 3 is 2.78 bits per heavy atom. The summed E-state index contributed by atoms with van der Waals surface area (Å²) in [6.07, 6.45) is 2.73. The molecule has 1 aromatic carbocycles. The molecule has 0 aliphatic carbocycles. The highest BCUT2D eigenvalue weighted by molar-refractivity contribution is 5.85. The Hall–Kier alpha value is -2.54. The average Bonchev–Trinajstić information content (AvgIpc) is 3.18. The summed E-state index contributed by atoms with van der Waals surface area (Å²) in [6.45, 7) is 7.44. The molecule has 0 unspecified atom stereocenters. The van der Waals surface area contributed by atoms with Crippen molar-refractivity contribution in [1.29, 1.82) is 0 Å². The molecule has 0 bridgehead atoms. The summed E-state index contributed by atoms with van der Waals surface area (Å²) in [7, 11) is 0. The van der Waals surface area contributed by atoms with Crippen LogP contribution in [0.25, 0.3) is 0 Å². The highest BCUT2D eigenvalue weighted by atomic mass is 16.6. The van der Waals surface area contributed by atoms with Gasteiger partial charge in [-0.05, 0) is 37.0 Å². The number of urea groups is 1. The number of benzene rings is 1. The summed E-state index contributed by atoms with van der Waals surface area (Å²) < 4.78 is 16.5. The second-order valence-electron chi connectivity index (χ2n) is 6.76. The Morgan fingerprint density at radius 2 is 2.11 bits per heavy atom. The van der Waals surface area contributed by atoms with Gasteiger partial charge < -0.3 is 24.8 Å². The van der Waals surface area contributed by atoms with Crippen molar-refractivity contribution in [3.63, 3.8) is 0 Å². The van der Waals surface area contributed by atoms with Crippen molar-refractivity contribution < 1.29 is 23.8 Å². The van der Waals surface area contributed by atoms with Gasteiger partial charge in [0, 0.05) is 12.3 Å². The van der Waals surface area contributed by atoms with Gasteiger partial charge in [0.25, 0.3) is 0 Å². The van der Waals surface area contributed by atoms with Crippen molar-refractivity contribution in [2.75, 3.05) is 19.8 Å². The second-order valence-corrected chi connectivity index (χ2v) is 6.76. The lowest BCUT2D eigenvalue weighted by Gasteiger charge is -2.33. The van der Waals surface area contributed by atoms with Crippen molar-refractivity contribution in [3.8, 4) is 5.75 Å². The highest BCUT2D eigenvalue weighted by Gasteiger charge is 2.39. The zero-order valence-corrected chi connectivity index (χ0v) is 15.5. The SMILES string of the molecule is C=C1NC(=O)N[C@H](c2ccc(OCCC)cc2)[C@@H]1C(=O)OC[C@H]1CCCO1. The van der Waals surface area contributed by atoms with Crippen LogP contribution in [-0.2, 0) is 14.3 Å². The monoisotopic (exact) mass is 374 g/mol. The fraction of sp³-hybridized carbons (Fsp3) is 0.500. The quantitative estimate of drug-likeness (QED) is 0.717. The van der Waals surface area contributed by atoms with Crippen LogP contribution in [-0.4, -0.2) is 37.9 Å². The topological polar surface area (TPSA) is 85.9 Å². The first kappa shape index (κ1) is 19.2. The number of esters is 1. The first-order valence-electron chi connectivity index (χ1n) is 9.35. The molecule has 0 spiro atoms. The Bertz CT molecular complexity index is 682. The Balaban J connectivity index is 1.71. The number of rotatable bonds is 7. The average molecular weight is 374 g/mol. The minimum Gasteiger partial charge on any atom is -0.494 e. The molecule has 0 radical (unpaired) electrons. The van der Waals surface area contributed by atoms with E-state index in [2.05, 4.69) is 17.2 Å². The fourth-order valence-corrected chi connectivity index (χ4v) is 3.27. The van der Waals surface area contributed by atoms with E-state index in [1.807, 2.05) is 31.2 Å². The summed E-state index contributed by atoms with van der Waals surface area (Å²) in [4.78, 5) is 24.6. The van der Waals surface area contributed by atoms with Crippen LogP contribution in [0, 0.1) is 5.92 Å². The first-order valence-corrected chi connectivity index (χ1v) is 9.35. The molecule has 2 N–H and O–H groups in total. The zero-order chi connectivity index (χ0) is 19.2. The summed E-state index contributed by atoms with van der Waals surface area (Å²) in [5, 5.41) is 5.38. The normalized spacial score (nSPS) is 24.9. The van der Waals surface area contributed by atoms with E-state index in [1.54, 1.807) is 0 Å². The molecule has 1 aromatic rings. The van der Waals surface area contributed by atoms with Crippen LogP contribution in [0.15, 0.2) is 36.5 Å². The summed E-state index contributed by atoms with van der Waals surface area (Å²) in [5.41, 5.74) is 1.11. The number of carbonyl (C=O) groups excluding carboxylic acids is 2. The summed E-state index contributed by atoms with van der Waals surface area (Å²) in [5.74, 6) is -0.400. The molecule has 146 valence electrons. The Morgan fingerprint density at radius 1 is 1.33 bits per heavy atom. The van der Waals surface area contributed by atoms with Gasteiger partial charge >= 0.3 is 12.0 Å². The third-order valence-electron chi connectivity index (χ3n) is 4.67. The molecule has 3 atom stereocenters. The molecule has 7 heteroatoms. The lowest BCUT2D eigenvalue weighted by atomic mass is 9.89. The molecular formula is C20H26N2O5. The van der Waals surface area contributed by atoms with Gasteiger partial charge in [0.2, 0.25) is 0 Å². The molecule has 2 aliphatic rings. The number of amides is 2. The maximum Gasteiger partial charge on any atom is 0.319 e. The van der Waals surface area contributed by atoms with Crippen LogP contribution in [0.5, 0.6) is 5.75 Å². The smallest absolute Gasteiger partial charge is 0.319 e. The number of ether oxygens (including phenoxy) is 3. The number of carbonyl (C=O) groups is 2. The molecule has 2 fully saturated rings. The minimum atomic E-state index is -0.716. The van der Waals surface area contributed by atoms with Gasteiger partial charge in [-0.15, -0.1) is 0 Å². The van der Waals surface area contributed by atoms with Gasteiger partial charge in [-0.2, -0.15) is 0 Å². The fourth-order valence-electron chi connectivity index (χ4n) is 3.27. The van der Waals surface area contributed by atoms with Crippen molar-refractivity contribution in [2.45, 2.75) is 38.3 Å². The Kier molecular flexibility index (Phi) is 6.34. The van der Waals surface area contributed by atoms with Gasteiger partial charge in [-0.3, -0.25) is 4.79 Å². The predicted molar refractivity (Wildman–Crippen MR) is 99.2 cm³/mol. The largest absolute Gasteiger partial charge is 0.494 e. The lowest BCUT2D eigenvalue weighted by molar-refractivity contribution is -0.151. The zero-order valence-electron chi connectivity index (χ0n) is 15.5. The van der Waals surface area contributed by atoms with Crippen molar-refractivity contribution >= 4 is 12.0 Å². The highest BCUT2D eigenvalue weighted by Crippen LogP contribution is 2.31. The predicted octanol–water partition coefficient (Wildman–Crippen LogP) is 2.68. The molecule has 27 heavy (non-hydrogen) atoms. The Labute approximate surface area is 159 Å². The molecule has 2 heterocycles. The molecule has 0 aromatic heterocycles. The van der Waals surface area contributed by atoms with E-state index < -0.39 is 17.9 Å². The van der Waals surface area contributed by atoms with E-state index in [0.29, 0.717) is 18.9 Å². The summed E-state index contributed by atoms with van der Waals surface area (Å²) >= 11 is 0. The van der Waals surface area contributed by atoms with Gasteiger partial charge in [-0.1, -0.05) is 25.6 Å². The van der Waals surface area contributed by atoms with Gasteiger partial charge in [-0.25, -0.2) is 4.79 Å². The third-order valence-corrected chi connectivity index (χ3v) is 4.67. The van der Waals surface area contributed by atoms with E-state index in [4.69, 9.17) is 14.2 Å². The van der Waals surface area contributed by atoms with E-state index in [1.165, 1.54) is 0 Å². The summed E-state index contributed by atoms with van der Waals surface area (Å²) in [6, 6.07) is 6.40. The van der Waals surface area contributed by atoms with Crippen LogP contribution in [0.4, 0.5) is 4.79 Å². The van der Waals surface area contributed by atoms with Gasteiger partial charge in [0.05, 0.1) is 18.8 Å². The number of hydrogen-bond donors (Lipinski definition) is 2. The van der Waals surface area contributed by atoms with Crippen molar-refractivity contribution in [2.24, 2.45) is 5.92 Å². The maximum atomic E-state index is 12.7. The third kappa shape index (κ3) is 4.80. The van der Waals surface area contributed by atoms with Crippen molar-refractivity contribution in [3.05, 3.63) is 42.1 Å². The first-order chi connectivity index (χ1) is 13.1. The maximum absolute atomic E-state index is 12.7. The molecule has 3 rings (SSSR count). The second kappa shape index (κ2) is 8.90. The van der Waals surface area contributed by atoms with Crippen LogP contribution >= 0.6 is 0 Å². The van der Waals surface area contributed by atoms with E-state index in [0.717, 1.165) is 30.6 Å².